The van der Waals surface area contributed by atoms with Crippen LogP contribution in [0.15, 0.2) is 64.5 Å². The molecular formula is C28H30N4O. The summed E-state index contributed by atoms with van der Waals surface area (Å²) in [6.45, 7) is 6.33. The number of para-hydroxylation sites is 2. The lowest BCUT2D eigenvalue weighted by molar-refractivity contribution is 0.416. The fourth-order valence-electron chi connectivity index (χ4n) is 5.10. The van der Waals surface area contributed by atoms with Crippen molar-refractivity contribution in [3.63, 3.8) is 0 Å². The minimum Gasteiger partial charge on any atom is -0.318 e. The molecule has 1 aliphatic rings. The zero-order chi connectivity index (χ0) is 22.9. The lowest BCUT2D eigenvalue weighted by Gasteiger charge is -2.22. The van der Waals surface area contributed by atoms with Gasteiger partial charge in [0.2, 0.25) is 0 Å². The first kappa shape index (κ1) is 21.4. The van der Waals surface area contributed by atoms with Crippen LogP contribution in [0, 0.1) is 20.8 Å². The largest absolute Gasteiger partial charge is 0.318 e. The second kappa shape index (κ2) is 8.81. The third kappa shape index (κ3) is 3.92. The first-order chi connectivity index (χ1) is 16.0. The molecule has 5 heteroatoms. The number of nitrogens with zero attached hydrogens (tertiary/aromatic N) is 4. The lowest BCUT2D eigenvalue weighted by Crippen LogP contribution is -2.25. The number of benzene rings is 2. The SMILES string of the molecule is Cc1ccccc1-n1c(C)cc(C=Nn2c(C3CCCCC3)nc3ccccc3c2=O)c1C. The Bertz CT molecular complexity index is 1400. The molecule has 0 amide bonds. The zero-order valence-electron chi connectivity index (χ0n) is 19.6. The van der Waals surface area contributed by atoms with E-state index in [1.165, 1.54) is 30.5 Å². The molecule has 2 aromatic carbocycles. The molecule has 0 N–H and O–H groups in total. The van der Waals surface area contributed by atoms with E-state index in [9.17, 15) is 4.79 Å². The molecule has 0 bridgehead atoms. The Labute approximate surface area is 194 Å². The average Bonchev–Trinajstić information content (AvgIpc) is 3.12. The van der Waals surface area contributed by atoms with E-state index >= 15 is 0 Å². The Balaban J connectivity index is 1.62. The maximum Gasteiger partial charge on any atom is 0.282 e. The zero-order valence-corrected chi connectivity index (χ0v) is 19.6. The van der Waals surface area contributed by atoms with Crippen LogP contribution in [0.4, 0.5) is 0 Å². The smallest absolute Gasteiger partial charge is 0.282 e. The van der Waals surface area contributed by atoms with E-state index in [2.05, 4.69) is 55.7 Å². The second-order valence-electron chi connectivity index (χ2n) is 9.13. The molecule has 1 saturated carbocycles. The number of hydrogen-bond donors (Lipinski definition) is 0. The molecule has 0 atom stereocenters. The number of rotatable bonds is 4. The predicted molar refractivity (Wildman–Crippen MR) is 135 cm³/mol. The molecule has 0 saturated heterocycles. The van der Waals surface area contributed by atoms with Crippen LogP contribution >= 0.6 is 0 Å². The summed E-state index contributed by atoms with van der Waals surface area (Å²) < 4.78 is 3.80. The van der Waals surface area contributed by atoms with Crippen LogP contribution in [-0.2, 0) is 0 Å². The fraction of sp³-hybridized carbons (Fsp3) is 0.321. The van der Waals surface area contributed by atoms with Gasteiger partial charge >= 0.3 is 0 Å². The first-order valence-corrected chi connectivity index (χ1v) is 11.9. The summed E-state index contributed by atoms with van der Waals surface area (Å²) in [7, 11) is 0. The van der Waals surface area contributed by atoms with Crippen LogP contribution in [0.2, 0.25) is 0 Å². The van der Waals surface area contributed by atoms with Gasteiger partial charge in [0, 0.05) is 28.6 Å². The van der Waals surface area contributed by atoms with Gasteiger partial charge in [0.15, 0.2) is 0 Å². The van der Waals surface area contributed by atoms with Gasteiger partial charge in [-0.25, -0.2) is 4.98 Å². The molecule has 4 aromatic rings. The van der Waals surface area contributed by atoms with E-state index in [0.29, 0.717) is 5.39 Å². The molecule has 1 aliphatic carbocycles. The summed E-state index contributed by atoms with van der Waals surface area (Å²) in [5.74, 6) is 1.06. The van der Waals surface area contributed by atoms with E-state index in [4.69, 9.17) is 10.1 Å². The van der Waals surface area contributed by atoms with Gasteiger partial charge in [-0.3, -0.25) is 4.79 Å². The highest BCUT2D eigenvalue weighted by Crippen LogP contribution is 2.32. The van der Waals surface area contributed by atoms with E-state index < -0.39 is 0 Å². The van der Waals surface area contributed by atoms with E-state index in [1.54, 1.807) is 4.68 Å². The topological polar surface area (TPSA) is 52.2 Å². The second-order valence-corrected chi connectivity index (χ2v) is 9.13. The van der Waals surface area contributed by atoms with Crippen LogP contribution < -0.4 is 5.56 Å². The standard InChI is InChI=1S/C28H30N4O/c1-19-11-7-10-16-26(19)31-20(2)17-23(21(31)3)18-29-32-27(22-12-5-4-6-13-22)30-25-15-9-8-14-24(25)28(32)33/h7-11,14-18,22H,4-6,12-13H2,1-3H3. The maximum absolute atomic E-state index is 13.4. The number of aromatic nitrogens is 3. The van der Waals surface area contributed by atoms with E-state index in [0.717, 1.165) is 41.1 Å². The number of aryl methyl sites for hydroxylation is 2. The molecule has 0 spiro atoms. The number of fused-ring (bicyclic) bond motifs is 1. The summed E-state index contributed by atoms with van der Waals surface area (Å²) in [4.78, 5) is 18.4. The van der Waals surface area contributed by atoms with E-state index in [1.807, 2.05) is 30.5 Å². The maximum atomic E-state index is 13.4. The van der Waals surface area contributed by atoms with Gasteiger partial charge in [-0.05, 0) is 63.4 Å². The third-order valence-corrected chi connectivity index (χ3v) is 6.89. The summed E-state index contributed by atoms with van der Waals surface area (Å²) in [5.41, 5.74) is 6.30. The number of hydrogen-bond acceptors (Lipinski definition) is 3. The van der Waals surface area contributed by atoms with Crippen molar-refractivity contribution in [3.8, 4) is 5.69 Å². The molecule has 2 heterocycles. The average molecular weight is 439 g/mol. The van der Waals surface area contributed by atoms with Crippen LogP contribution in [0.3, 0.4) is 0 Å². The molecule has 33 heavy (non-hydrogen) atoms. The van der Waals surface area contributed by atoms with E-state index in [-0.39, 0.29) is 11.5 Å². The minimum atomic E-state index is -0.0925. The van der Waals surface area contributed by atoms with Gasteiger partial charge in [0.05, 0.1) is 17.1 Å². The summed E-state index contributed by atoms with van der Waals surface area (Å²) >= 11 is 0. The Morgan fingerprint density at radius 3 is 2.48 bits per heavy atom. The quantitative estimate of drug-likeness (QED) is 0.365. The fourth-order valence-corrected chi connectivity index (χ4v) is 5.10. The van der Waals surface area contributed by atoms with Crippen molar-refractivity contribution in [2.24, 2.45) is 5.10 Å². The monoisotopic (exact) mass is 438 g/mol. The van der Waals surface area contributed by atoms with Gasteiger partial charge < -0.3 is 4.57 Å². The normalized spacial score (nSPS) is 15.0. The summed E-state index contributed by atoms with van der Waals surface area (Å²) in [6, 6.07) is 18.1. The Kier molecular flexibility index (Phi) is 5.71. The summed E-state index contributed by atoms with van der Waals surface area (Å²) in [6.07, 6.45) is 7.54. The van der Waals surface area contributed by atoms with Crippen molar-refractivity contribution in [2.75, 3.05) is 0 Å². The molecule has 168 valence electrons. The van der Waals surface area contributed by atoms with Crippen molar-refractivity contribution < 1.29 is 0 Å². The van der Waals surface area contributed by atoms with Crippen molar-refractivity contribution in [3.05, 3.63) is 93.3 Å². The molecule has 0 radical (unpaired) electrons. The Morgan fingerprint density at radius 1 is 0.970 bits per heavy atom. The van der Waals surface area contributed by atoms with Gasteiger partial charge in [0.25, 0.3) is 5.56 Å². The van der Waals surface area contributed by atoms with Crippen LogP contribution in [-0.4, -0.2) is 20.4 Å². The van der Waals surface area contributed by atoms with Gasteiger partial charge in [-0.15, -0.1) is 0 Å². The summed E-state index contributed by atoms with van der Waals surface area (Å²) in [5, 5.41) is 5.35. The van der Waals surface area contributed by atoms with Crippen molar-refractivity contribution in [1.82, 2.24) is 14.2 Å². The lowest BCUT2D eigenvalue weighted by atomic mass is 9.88. The molecular weight excluding hydrogens is 408 g/mol. The van der Waals surface area contributed by atoms with Crippen molar-refractivity contribution in [2.45, 2.75) is 58.8 Å². The van der Waals surface area contributed by atoms with Crippen molar-refractivity contribution in [1.29, 1.82) is 0 Å². The minimum absolute atomic E-state index is 0.0925. The highest BCUT2D eigenvalue weighted by Gasteiger charge is 2.22. The van der Waals surface area contributed by atoms with Crippen LogP contribution in [0.5, 0.6) is 0 Å². The molecule has 2 aromatic heterocycles. The Morgan fingerprint density at radius 2 is 1.70 bits per heavy atom. The van der Waals surface area contributed by atoms with Crippen molar-refractivity contribution >= 4 is 17.1 Å². The van der Waals surface area contributed by atoms with Gasteiger partial charge in [-0.1, -0.05) is 49.6 Å². The van der Waals surface area contributed by atoms with Crippen LogP contribution in [0.1, 0.15) is 66.4 Å². The highest BCUT2D eigenvalue weighted by atomic mass is 16.1. The molecule has 5 nitrogen and oxygen atoms in total. The van der Waals surface area contributed by atoms with Gasteiger partial charge in [0.1, 0.15) is 5.82 Å². The van der Waals surface area contributed by atoms with Crippen LogP contribution in [0.25, 0.3) is 16.6 Å². The third-order valence-electron chi connectivity index (χ3n) is 6.89. The molecule has 5 rings (SSSR count). The molecule has 0 aliphatic heterocycles. The first-order valence-electron chi connectivity index (χ1n) is 11.9. The van der Waals surface area contributed by atoms with Gasteiger partial charge in [-0.2, -0.15) is 9.78 Å². The Hall–Kier alpha value is -3.47. The predicted octanol–water partition coefficient (Wildman–Crippen LogP) is 6.04. The highest BCUT2D eigenvalue weighted by molar-refractivity contribution is 5.82. The molecule has 1 fully saturated rings. The molecule has 0 unspecified atom stereocenters.